The molecule has 0 N–H and O–H groups in total. The van der Waals surface area contributed by atoms with Gasteiger partial charge in [0.15, 0.2) is 11.5 Å². The van der Waals surface area contributed by atoms with E-state index in [0.29, 0.717) is 11.2 Å². The Morgan fingerprint density at radius 2 is 1.77 bits per heavy atom. The molecule has 0 atom stereocenters. The Balaban J connectivity index is 1.28. The summed E-state index contributed by atoms with van der Waals surface area (Å²) in [6.45, 7) is 7.32. The zero-order chi connectivity index (χ0) is 21.6. The van der Waals surface area contributed by atoms with Crippen LogP contribution in [0.4, 0.5) is 20.4 Å². The van der Waals surface area contributed by atoms with E-state index in [9.17, 15) is 8.78 Å². The summed E-state index contributed by atoms with van der Waals surface area (Å²) in [5.41, 5.74) is 3.34. The van der Waals surface area contributed by atoms with E-state index in [0.717, 1.165) is 62.8 Å². The molecule has 2 fully saturated rings. The smallest absolute Gasteiger partial charge is 0.258 e. The second-order valence-corrected chi connectivity index (χ2v) is 8.81. The summed E-state index contributed by atoms with van der Waals surface area (Å²) in [7, 11) is 0. The fraction of sp³-hybridized carbons (Fsp3) is 0.571. The Bertz CT molecular complexity index is 1090. The van der Waals surface area contributed by atoms with Crippen LogP contribution in [-0.4, -0.2) is 62.6 Å². The number of aryl methyl sites for hydroxylation is 2. The Morgan fingerprint density at radius 3 is 2.48 bits per heavy atom. The van der Waals surface area contributed by atoms with Gasteiger partial charge in [0.1, 0.15) is 17.9 Å². The van der Waals surface area contributed by atoms with E-state index in [1.54, 1.807) is 6.20 Å². The van der Waals surface area contributed by atoms with Crippen LogP contribution in [0, 0.1) is 19.3 Å². The van der Waals surface area contributed by atoms with Gasteiger partial charge in [-0.1, -0.05) is 0 Å². The number of alkyl halides is 2. The zero-order valence-electron chi connectivity index (χ0n) is 17.8. The first-order valence-electron chi connectivity index (χ1n) is 10.7. The van der Waals surface area contributed by atoms with Crippen LogP contribution in [0.1, 0.15) is 30.5 Å². The second-order valence-electron chi connectivity index (χ2n) is 8.81. The van der Waals surface area contributed by atoms with Gasteiger partial charge in [0.25, 0.3) is 6.43 Å². The van der Waals surface area contributed by atoms with Gasteiger partial charge in [-0.05, 0) is 50.2 Å². The standard InChI is InChI=1S/C21H26F2N8/c1-14-9-15(2)27-28-19(14)30-8-5-21(13-30)3-6-29(7-4-21)18-11-24-16-10-25-31(12-17(22)23)20(16)26-18/h9-11,17H,3-8,12-13H2,1-2H3. The molecule has 0 unspecified atom stereocenters. The van der Waals surface area contributed by atoms with Crippen LogP contribution in [-0.2, 0) is 6.54 Å². The SMILES string of the molecule is Cc1cc(C)c(N2CCC3(CCN(c4cnc5cnn(CC(F)F)c5n4)CC3)C2)nn1. The minimum Gasteiger partial charge on any atom is -0.355 e. The van der Waals surface area contributed by atoms with Gasteiger partial charge in [-0.15, -0.1) is 5.10 Å². The predicted octanol–water partition coefficient (Wildman–Crippen LogP) is 3.00. The Kier molecular flexibility index (Phi) is 4.94. The average molecular weight is 428 g/mol. The highest BCUT2D eigenvalue weighted by molar-refractivity contribution is 5.71. The van der Waals surface area contributed by atoms with Crippen LogP contribution < -0.4 is 9.80 Å². The van der Waals surface area contributed by atoms with Crippen molar-refractivity contribution in [3.8, 4) is 0 Å². The van der Waals surface area contributed by atoms with Gasteiger partial charge in [-0.25, -0.2) is 23.4 Å². The summed E-state index contributed by atoms with van der Waals surface area (Å²) in [5, 5.41) is 12.7. The van der Waals surface area contributed by atoms with Crippen molar-refractivity contribution in [2.45, 2.75) is 46.1 Å². The average Bonchev–Trinajstić information content (AvgIpc) is 3.33. The molecule has 1 spiro atoms. The molecule has 31 heavy (non-hydrogen) atoms. The van der Waals surface area contributed by atoms with Crippen LogP contribution >= 0.6 is 0 Å². The Labute approximate surface area is 179 Å². The molecule has 0 aromatic carbocycles. The third kappa shape index (κ3) is 3.79. The molecule has 2 saturated heterocycles. The molecule has 10 heteroatoms. The molecule has 0 radical (unpaired) electrons. The summed E-state index contributed by atoms with van der Waals surface area (Å²) < 4.78 is 26.9. The molecule has 8 nitrogen and oxygen atoms in total. The molecule has 164 valence electrons. The Morgan fingerprint density at radius 1 is 1.03 bits per heavy atom. The van der Waals surface area contributed by atoms with E-state index in [1.165, 1.54) is 16.4 Å². The highest BCUT2D eigenvalue weighted by Crippen LogP contribution is 2.42. The maximum Gasteiger partial charge on any atom is 0.258 e. The molecular weight excluding hydrogens is 402 g/mol. The number of hydrogen-bond donors (Lipinski definition) is 0. The molecule has 3 aromatic rings. The fourth-order valence-electron chi connectivity index (χ4n) is 4.92. The lowest BCUT2D eigenvalue weighted by molar-refractivity contribution is 0.123. The van der Waals surface area contributed by atoms with E-state index in [4.69, 9.17) is 0 Å². The van der Waals surface area contributed by atoms with Gasteiger partial charge < -0.3 is 9.80 Å². The molecule has 0 aliphatic carbocycles. The van der Waals surface area contributed by atoms with E-state index in [1.807, 2.05) is 6.92 Å². The highest BCUT2D eigenvalue weighted by Gasteiger charge is 2.41. The van der Waals surface area contributed by atoms with Gasteiger partial charge in [0, 0.05) is 26.2 Å². The van der Waals surface area contributed by atoms with Crippen LogP contribution in [0.2, 0.25) is 0 Å². The topological polar surface area (TPSA) is 75.9 Å². The van der Waals surface area contributed by atoms with Crippen molar-refractivity contribution in [3.05, 3.63) is 29.7 Å². The zero-order valence-corrected chi connectivity index (χ0v) is 17.8. The van der Waals surface area contributed by atoms with Crippen molar-refractivity contribution in [2.75, 3.05) is 36.0 Å². The van der Waals surface area contributed by atoms with Gasteiger partial charge in [-0.2, -0.15) is 10.2 Å². The molecule has 5 rings (SSSR count). The quantitative estimate of drug-likeness (QED) is 0.632. The number of hydrogen-bond acceptors (Lipinski definition) is 7. The van der Waals surface area contributed by atoms with Crippen molar-refractivity contribution >= 4 is 22.8 Å². The fourth-order valence-corrected chi connectivity index (χ4v) is 4.92. The number of rotatable bonds is 4. The van der Waals surface area contributed by atoms with E-state index in [-0.39, 0.29) is 5.41 Å². The Hall–Kier alpha value is -2.91. The lowest BCUT2D eigenvalue weighted by atomic mass is 9.78. The summed E-state index contributed by atoms with van der Waals surface area (Å²) in [6.07, 6.45) is 3.98. The lowest BCUT2D eigenvalue weighted by Gasteiger charge is -2.39. The normalized spacial score (nSPS) is 18.6. The summed E-state index contributed by atoms with van der Waals surface area (Å²) in [6, 6.07) is 2.09. The van der Waals surface area contributed by atoms with Crippen LogP contribution in [0.5, 0.6) is 0 Å². The number of nitrogens with zero attached hydrogens (tertiary/aromatic N) is 8. The maximum absolute atomic E-state index is 12.8. The van der Waals surface area contributed by atoms with Crippen molar-refractivity contribution in [1.82, 2.24) is 29.9 Å². The first-order valence-corrected chi connectivity index (χ1v) is 10.7. The van der Waals surface area contributed by atoms with Crippen LogP contribution in [0.15, 0.2) is 18.5 Å². The first-order chi connectivity index (χ1) is 14.9. The van der Waals surface area contributed by atoms with E-state index in [2.05, 4.69) is 48.1 Å². The number of fused-ring (bicyclic) bond motifs is 1. The predicted molar refractivity (Wildman–Crippen MR) is 114 cm³/mol. The van der Waals surface area contributed by atoms with Crippen molar-refractivity contribution in [2.24, 2.45) is 5.41 Å². The molecule has 2 aliphatic heterocycles. The molecule has 5 heterocycles. The van der Waals surface area contributed by atoms with Crippen molar-refractivity contribution < 1.29 is 8.78 Å². The van der Waals surface area contributed by atoms with Crippen molar-refractivity contribution in [1.29, 1.82) is 0 Å². The molecule has 2 aliphatic rings. The third-order valence-electron chi connectivity index (χ3n) is 6.61. The number of anilines is 2. The molecule has 0 saturated carbocycles. The molecule has 3 aromatic heterocycles. The second kappa shape index (κ2) is 7.65. The number of piperidine rings is 1. The molecular formula is C21H26F2N8. The lowest BCUT2D eigenvalue weighted by Crippen LogP contribution is -2.42. The number of halogens is 2. The van der Waals surface area contributed by atoms with E-state index < -0.39 is 13.0 Å². The van der Waals surface area contributed by atoms with Gasteiger partial charge in [0.05, 0.1) is 18.1 Å². The number of aromatic nitrogens is 6. The molecule has 0 bridgehead atoms. The highest BCUT2D eigenvalue weighted by atomic mass is 19.3. The van der Waals surface area contributed by atoms with Gasteiger partial charge >= 0.3 is 0 Å². The summed E-state index contributed by atoms with van der Waals surface area (Å²) >= 11 is 0. The van der Waals surface area contributed by atoms with Crippen LogP contribution in [0.25, 0.3) is 11.2 Å². The third-order valence-corrected chi connectivity index (χ3v) is 6.61. The minimum absolute atomic E-state index is 0.268. The summed E-state index contributed by atoms with van der Waals surface area (Å²) in [5.74, 6) is 1.72. The van der Waals surface area contributed by atoms with Crippen LogP contribution in [0.3, 0.4) is 0 Å². The first kappa shape index (κ1) is 20.0. The van der Waals surface area contributed by atoms with E-state index >= 15 is 0 Å². The minimum atomic E-state index is -2.48. The van der Waals surface area contributed by atoms with Gasteiger partial charge in [0.2, 0.25) is 0 Å². The summed E-state index contributed by atoms with van der Waals surface area (Å²) in [4.78, 5) is 13.6. The molecule has 0 amide bonds. The van der Waals surface area contributed by atoms with Gasteiger partial charge in [-0.3, -0.25) is 0 Å². The maximum atomic E-state index is 12.8. The monoisotopic (exact) mass is 428 g/mol. The van der Waals surface area contributed by atoms with Crippen molar-refractivity contribution in [3.63, 3.8) is 0 Å². The largest absolute Gasteiger partial charge is 0.355 e.